The normalized spacial score (nSPS) is 19.2. The first-order valence-electron chi connectivity index (χ1n) is 8.35. The van der Waals surface area contributed by atoms with Gasteiger partial charge in [-0.05, 0) is 48.6 Å². The van der Waals surface area contributed by atoms with Crippen LogP contribution in [-0.2, 0) is 11.2 Å². The molecular formula is C19H22FNO3. The Balaban J connectivity index is 1.82. The molecule has 1 N–H and O–H groups in total. The van der Waals surface area contributed by atoms with E-state index < -0.39 is 5.92 Å². The third-order valence-electron chi connectivity index (χ3n) is 4.64. The van der Waals surface area contributed by atoms with Gasteiger partial charge < -0.3 is 14.4 Å². The van der Waals surface area contributed by atoms with Crippen LogP contribution in [0, 0.1) is 11.7 Å². The number of benzene rings is 1. The summed E-state index contributed by atoms with van der Waals surface area (Å²) in [4.78, 5) is 14.9. The zero-order valence-electron chi connectivity index (χ0n) is 13.5. The van der Waals surface area contributed by atoms with Crippen molar-refractivity contribution in [2.45, 2.75) is 25.2 Å². The van der Waals surface area contributed by atoms with E-state index in [9.17, 15) is 14.3 Å². The highest BCUT2D eigenvalue weighted by molar-refractivity contribution is 5.84. The first-order valence-corrected chi connectivity index (χ1v) is 8.35. The summed E-state index contributed by atoms with van der Waals surface area (Å²) in [6.07, 6.45) is 3.87. The van der Waals surface area contributed by atoms with Gasteiger partial charge in [0.2, 0.25) is 5.91 Å². The van der Waals surface area contributed by atoms with Crippen LogP contribution in [0.4, 0.5) is 4.39 Å². The number of aliphatic hydroxyl groups excluding tert-OH is 1. The first kappa shape index (κ1) is 16.7. The molecule has 24 heavy (non-hydrogen) atoms. The van der Waals surface area contributed by atoms with E-state index in [4.69, 9.17) is 4.42 Å². The van der Waals surface area contributed by atoms with E-state index in [1.54, 1.807) is 24.5 Å². The Morgan fingerprint density at radius 1 is 1.33 bits per heavy atom. The van der Waals surface area contributed by atoms with E-state index in [-0.39, 0.29) is 24.2 Å². The number of amides is 1. The van der Waals surface area contributed by atoms with Crippen molar-refractivity contribution in [2.75, 3.05) is 19.7 Å². The summed E-state index contributed by atoms with van der Waals surface area (Å²) in [7, 11) is 0. The largest absolute Gasteiger partial charge is 0.469 e. The molecule has 2 unspecified atom stereocenters. The molecular weight excluding hydrogens is 309 g/mol. The predicted octanol–water partition coefficient (Wildman–Crippen LogP) is 2.98. The summed E-state index contributed by atoms with van der Waals surface area (Å²) < 4.78 is 18.6. The lowest BCUT2D eigenvalue weighted by Gasteiger charge is -2.34. The van der Waals surface area contributed by atoms with Crippen LogP contribution in [0.15, 0.2) is 47.1 Å². The SMILES string of the molecule is O=C(C(Cc1ccco1)c1ccc(F)cc1)N1CCCC(CO)C1. The van der Waals surface area contributed by atoms with Crippen LogP contribution in [0.1, 0.15) is 30.1 Å². The smallest absolute Gasteiger partial charge is 0.230 e. The van der Waals surface area contributed by atoms with Crippen molar-refractivity contribution in [1.29, 1.82) is 0 Å². The van der Waals surface area contributed by atoms with Gasteiger partial charge in [0, 0.05) is 26.1 Å². The van der Waals surface area contributed by atoms with E-state index in [0.29, 0.717) is 19.5 Å². The summed E-state index contributed by atoms with van der Waals surface area (Å²) in [6, 6.07) is 9.72. The maximum Gasteiger partial charge on any atom is 0.230 e. The maximum absolute atomic E-state index is 13.2. The maximum atomic E-state index is 13.2. The van der Waals surface area contributed by atoms with Crippen LogP contribution < -0.4 is 0 Å². The highest BCUT2D eigenvalue weighted by Crippen LogP contribution is 2.27. The van der Waals surface area contributed by atoms with Gasteiger partial charge in [0.25, 0.3) is 0 Å². The molecule has 128 valence electrons. The van der Waals surface area contributed by atoms with Crippen LogP contribution in [0.2, 0.25) is 0 Å². The molecule has 2 atom stereocenters. The summed E-state index contributed by atoms with van der Waals surface area (Å²) in [6.45, 7) is 1.37. The van der Waals surface area contributed by atoms with Gasteiger partial charge in [-0.3, -0.25) is 4.79 Å². The molecule has 0 saturated carbocycles. The number of piperidine rings is 1. The highest BCUT2D eigenvalue weighted by Gasteiger charge is 2.30. The fraction of sp³-hybridized carbons (Fsp3) is 0.421. The van der Waals surface area contributed by atoms with E-state index in [1.165, 1.54) is 12.1 Å². The number of carbonyl (C=O) groups excluding carboxylic acids is 1. The van der Waals surface area contributed by atoms with E-state index in [2.05, 4.69) is 0 Å². The summed E-state index contributed by atoms with van der Waals surface area (Å²) in [5.41, 5.74) is 0.781. The lowest BCUT2D eigenvalue weighted by Crippen LogP contribution is -2.43. The molecule has 1 aliphatic rings. The number of hydrogen-bond donors (Lipinski definition) is 1. The van der Waals surface area contributed by atoms with E-state index in [1.807, 2.05) is 11.0 Å². The van der Waals surface area contributed by atoms with Gasteiger partial charge in [0.15, 0.2) is 0 Å². The second-order valence-electron chi connectivity index (χ2n) is 6.36. The number of rotatable bonds is 5. The number of likely N-dealkylation sites (tertiary alicyclic amines) is 1. The zero-order valence-corrected chi connectivity index (χ0v) is 13.5. The molecule has 1 amide bonds. The molecule has 1 aromatic carbocycles. The molecule has 2 aromatic rings. The van der Waals surface area contributed by atoms with Crippen LogP contribution >= 0.6 is 0 Å². The van der Waals surface area contributed by atoms with Crippen molar-refractivity contribution in [3.63, 3.8) is 0 Å². The van der Waals surface area contributed by atoms with Crippen LogP contribution in [0.3, 0.4) is 0 Å². The number of halogens is 1. The molecule has 3 rings (SSSR count). The van der Waals surface area contributed by atoms with Crippen molar-refractivity contribution in [3.05, 3.63) is 59.8 Å². The van der Waals surface area contributed by atoms with Crippen LogP contribution in [0.5, 0.6) is 0 Å². The number of carbonyl (C=O) groups is 1. The van der Waals surface area contributed by atoms with Crippen molar-refractivity contribution in [3.8, 4) is 0 Å². The van der Waals surface area contributed by atoms with Crippen molar-refractivity contribution >= 4 is 5.91 Å². The molecule has 1 aromatic heterocycles. The highest BCUT2D eigenvalue weighted by atomic mass is 19.1. The molecule has 1 fully saturated rings. The number of nitrogens with zero attached hydrogens (tertiary/aromatic N) is 1. The minimum atomic E-state index is -0.408. The average molecular weight is 331 g/mol. The standard InChI is InChI=1S/C19H22FNO3/c20-16-7-5-15(6-8-16)18(11-17-4-2-10-24-17)19(23)21-9-1-3-14(12-21)13-22/h2,4-8,10,14,18,22H,1,3,9,11-13H2. The lowest BCUT2D eigenvalue weighted by molar-refractivity contribution is -0.135. The van der Waals surface area contributed by atoms with Gasteiger partial charge in [-0.15, -0.1) is 0 Å². The first-order chi connectivity index (χ1) is 11.7. The van der Waals surface area contributed by atoms with Gasteiger partial charge >= 0.3 is 0 Å². The van der Waals surface area contributed by atoms with Crippen LogP contribution in [0.25, 0.3) is 0 Å². The average Bonchev–Trinajstić information content (AvgIpc) is 3.13. The second kappa shape index (κ2) is 7.62. The number of aliphatic hydroxyl groups is 1. The molecule has 2 heterocycles. The summed E-state index contributed by atoms with van der Waals surface area (Å²) in [5, 5.41) is 9.39. The Labute approximate surface area is 140 Å². The Bertz CT molecular complexity index is 654. The molecule has 4 nitrogen and oxygen atoms in total. The predicted molar refractivity (Wildman–Crippen MR) is 87.9 cm³/mol. The van der Waals surface area contributed by atoms with E-state index in [0.717, 1.165) is 24.2 Å². The van der Waals surface area contributed by atoms with Crippen molar-refractivity contribution in [2.24, 2.45) is 5.92 Å². The quantitative estimate of drug-likeness (QED) is 0.916. The fourth-order valence-corrected chi connectivity index (χ4v) is 3.31. The minimum Gasteiger partial charge on any atom is -0.469 e. The molecule has 5 heteroatoms. The van der Waals surface area contributed by atoms with Crippen molar-refractivity contribution in [1.82, 2.24) is 4.90 Å². The molecule has 0 spiro atoms. The van der Waals surface area contributed by atoms with Crippen LogP contribution in [-0.4, -0.2) is 35.6 Å². The third-order valence-corrected chi connectivity index (χ3v) is 4.64. The van der Waals surface area contributed by atoms with Gasteiger partial charge in [0.1, 0.15) is 11.6 Å². The molecule has 0 aliphatic carbocycles. The number of furan rings is 1. The Morgan fingerprint density at radius 3 is 2.79 bits per heavy atom. The Kier molecular flexibility index (Phi) is 5.30. The monoisotopic (exact) mass is 331 g/mol. The molecule has 1 saturated heterocycles. The van der Waals surface area contributed by atoms with Gasteiger partial charge in [-0.25, -0.2) is 4.39 Å². The molecule has 0 radical (unpaired) electrons. The van der Waals surface area contributed by atoms with Gasteiger partial charge in [0.05, 0.1) is 12.2 Å². The zero-order chi connectivity index (χ0) is 16.9. The lowest BCUT2D eigenvalue weighted by atomic mass is 9.91. The van der Waals surface area contributed by atoms with Gasteiger partial charge in [-0.1, -0.05) is 12.1 Å². The Morgan fingerprint density at radius 2 is 2.12 bits per heavy atom. The van der Waals surface area contributed by atoms with Gasteiger partial charge in [-0.2, -0.15) is 0 Å². The summed E-state index contributed by atoms with van der Waals surface area (Å²) >= 11 is 0. The summed E-state index contributed by atoms with van der Waals surface area (Å²) in [5.74, 6) is 0.153. The fourth-order valence-electron chi connectivity index (χ4n) is 3.31. The van der Waals surface area contributed by atoms with Crippen molar-refractivity contribution < 1.29 is 18.7 Å². The topological polar surface area (TPSA) is 53.7 Å². The molecule has 1 aliphatic heterocycles. The molecule has 0 bridgehead atoms. The minimum absolute atomic E-state index is 0.0103. The Hall–Kier alpha value is -2.14. The third kappa shape index (κ3) is 3.85. The number of hydrogen-bond acceptors (Lipinski definition) is 3. The van der Waals surface area contributed by atoms with E-state index >= 15 is 0 Å². The second-order valence-corrected chi connectivity index (χ2v) is 6.36.